The molecule has 35 heavy (non-hydrogen) atoms. The molecule has 2 aromatic carbocycles. The molecule has 0 aromatic heterocycles. The third-order valence-electron chi connectivity index (χ3n) is 8.01. The summed E-state index contributed by atoms with van der Waals surface area (Å²) < 4.78 is 0. The molecule has 4 rings (SSSR count). The number of hydrogen-bond acceptors (Lipinski definition) is 4. The van der Waals surface area contributed by atoms with Gasteiger partial charge in [-0.15, -0.1) is 0 Å². The Balaban J connectivity index is 1.51. The molecule has 0 radical (unpaired) electrons. The van der Waals surface area contributed by atoms with Crippen molar-refractivity contribution >= 4 is 23.4 Å². The molecule has 7 heteroatoms. The summed E-state index contributed by atoms with van der Waals surface area (Å²) >= 11 is 6.06. The highest BCUT2D eigenvalue weighted by molar-refractivity contribution is 6.30. The van der Waals surface area contributed by atoms with Crippen molar-refractivity contribution in [3.63, 3.8) is 0 Å². The van der Waals surface area contributed by atoms with E-state index < -0.39 is 11.0 Å². The number of halogens is 1. The van der Waals surface area contributed by atoms with Crippen LogP contribution in [0.4, 0.5) is 0 Å². The van der Waals surface area contributed by atoms with E-state index >= 15 is 0 Å². The summed E-state index contributed by atoms with van der Waals surface area (Å²) in [6.45, 7) is 4.91. The fraction of sp³-hybridized carbons (Fsp3) is 0.500. The number of likely N-dealkylation sites (tertiary alicyclic amines) is 1. The van der Waals surface area contributed by atoms with Gasteiger partial charge in [0.05, 0.1) is 11.5 Å². The van der Waals surface area contributed by atoms with E-state index in [0.29, 0.717) is 36.5 Å². The second kappa shape index (κ2) is 10.3. The SMILES string of the molecule is CNC1CC[C@@H](NC(=O)c2ccccc2)[C@@H](C(=O)N2CCC(O)(c3ccc(Cl)cc3)C(C)(C)C2)C1. The molecule has 3 N–H and O–H groups in total. The molecule has 1 saturated carbocycles. The molecule has 6 nitrogen and oxygen atoms in total. The van der Waals surface area contributed by atoms with Crippen LogP contribution < -0.4 is 10.6 Å². The number of carbonyl (C=O) groups excluding carboxylic acids is 2. The fourth-order valence-electron chi connectivity index (χ4n) is 5.73. The van der Waals surface area contributed by atoms with Gasteiger partial charge in [-0.25, -0.2) is 0 Å². The number of aliphatic hydroxyl groups is 1. The zero-order chi connectivity index (χ0) is 25.2. The third-order valence-corrected chi connectivity index (χ3v) is 8.26. The Bertz CT molecular complexity index is 1040. The van der Waals surface area contributed by atoms with Crippen LogP contribution >= 0.6 is 11.6 Å². The average Bonchev–Trinajstić information content (AvgIpc) is 2.86. The van der Waals surface area contributed by atoms with Gasteiger partial charge in [-0.3, -0.25) is 9.59 Å². The van der Waals surface area contributed by atoms with Gasteiger partial charge in [0.1, 0.15) is 0 Å². The first-order valence-electron chi connectivity index (χ1n) is 12.4. The molecule has 1 aliphatic carbocycles. The highest BCUT2D eigenvalue weighted by Gasteiger charge is 2.51. The highest BCUT2D eigenvalue weighted by atomic mass is 35.5. The second-order valence-electron chi connectivity index (χ2n) is 10.6. The molecular weight excluding hydrogens is 462 g/mol. The lowest BCUT2D eigenvalue weighted by atomic mass is 9.66. The van der Waals surface area contributed by atoms with Crippen molar-refractivity contribution in [1.29, 1.82) is 0 Å². The van der Waals surface area contributed by atoms with Crippen LogP contribution in [0.15, 0.2) is 54.6 Å². The summed E-state index contributed by atoms with van der Waals surface area (Å²) in [6, 6.07) is 16.5. The lowest BCUT2D eigenvalue weighted by Gasteiger charge is -2.51. The number of hydrogen-bond donors (Lipinski definition) is 3. The number of nitrogens with one attached hydrogen (secondary N) is 2. The van der Waals surface area contributed by atoms with Gasteiger partial charge < -0.3 is 20.6 Å². The van der Waals surface area contributed by atoms with Crippen LogP contribution in [0.1, 0.15) is 55.5 Å². The van der Waals surface area contributed by atoms with E-state index in [1.807, 2.05) is 56.1 Å². The predicted molar refractivity (Wildman–Crippen MR) is 138 cm³/mol. The molecule has 0 bridgehead atoms. The topological polar surface area (TPSA) is 81.7 Å². The summed E-state index contributed by atoms with van der Waals surface area (Å²) in [6.07, 6.45) is 2.76. The summed E-state index contributed by atoms with van der Waals surface area (Å²) in [7, 11) is 1.92. The smallest absolute Gasteiger partial charge is 0.251 e. The molecule has 1 saturated heterocycles. The largest absolute Gasteiger partial charge is 0.384 e. The second-order valence-corrected chi connectivity index (χ2v) is 11.0. The third kappa shape index (κ3) is 5.25. The number of piperidine rings is 1. The fourth-order valence-corrected chi connectivity index (χ4v) is 5.85. The van der Waals surface area contributed by atoms with Crippen molar-refractivity contribution in [2.24, 2.45) is 11.3 Å². The molecule has 0 spiro atoms. The number of rotatable bonds is 5. The van der Waals surface area contributed by atoms with E-state index in [1.54, 1.807) is 24.3 Å². The van der Waals surface area contributed by atoms with E-state index in [9.17, 15) is 14.7 Å². The van der Waals surface area contributed by atoms with E-state index in [1.165, 1.54) is 0 Å². The predicted octanol–water partition coefficient (Wildman–Crippen LogP) is 3.97. The lowest BCUT2D eigenvalue weighted by Crippen LogP contribution is -2.60. The summed E-state index contributed by atoms with van der Waals surface area (Å²) in [5.41, 5.74) is -0.203. The highest BCUT2D eigenvalue weighted by Crippen LogP contribution is 2.46. The van der Waals surface area contributed by atoms with Crippen LogP contribution in [-0.2, 0) is 10.4 Å². The van der Waals surface area contributed by atoms with Crippen molar-refractivity contribution in [1.82, 2.24) is 15.5 Å². The molecule has 2 fully saturated rings. The first-order valence-corrected chi connectivity index (χ1v) is 12.8. The van der Waals surface area contributed by atoms with Crippen molar-refractivity contribution in [3.8, 4) is 0 Å². The minimum Gasteiger partial charge on any atom is -0.384 e. The standard InChI is InChI=1S/C28H36ClN3O3/c1-27(2)18-32(16-15-28(27,35)20-9-11-21(29)12-10-20)26(34)23-17-22(30-3)13-14-24(23)31-25(33)19-7-5-4-6-8-19/h4-12,22-24,30,35H,13-18H2,1-3H3,(H,31,33)/t22?,23-,24+,28?/m0/s1. The van der Waals surface area contributed by atoms with Crippen LogP contribution in [0.25, 0.3) is 0 Å². The van der Waals surface area contributed by atoms with Crippen LogP contribution in [0.5, 0.6) is 0 Å². The normalized spacial score (nSPS) is 28.4. The number of carbonyl (C=O) groups is 2. The quantitative estimate of drug-likeness (QED) is 0.583. The first kappa shape index (κ1) is 25.7. The maximum absolute atomic E-state index is 13.9. The zero-order valence-electron chi connectivity index (χ0n) is 20.8. The van der Waals surface area contributed by atoms with Crippen LogP contribution in [0, 0.1) is 11.3 Å². The number of nitrogens with zero attached hydrogens (tertiary/aromatic N) is 1. The first-order chi connectivity index (χ1) is 16.6. The maximum atomic E-state index is 13.9. The molecule has 2 aliphatic rings. The Kier molecular flexibility index (Phi) is 7.55. The monoisotopic (exact) mass is 497 g/mol. The Morgan fingerprint density at radius 3 is 2.37 bits per heavy atom. The molecule has 1 heterocycles. The Hall–Kier alpha value is -2.41. The Labute approximate surface area is 213 Å². The van der Waals surface area contributed by atoms with Crippen LogP contribution in [0.3, 0.4) is 0 Å². The van der Waals surface area contributed by atoms with E-state index in [4.69, 9.17) is 11.6 Å². The molecule has 2 amide bonds. The van der Waals surface area contributed by atoms with Gasteiger partial charge in [-0.1, -0.05) is 55.8 Å². The van der Waals surface area contributed by atoms with Crippen LogP contribution in [-0.4, -0.2) is 54.0 Å². The summed E-state index contributed by atoms with van der Waals surface area (Å²) in [4.78, 5) is 28.6. The molecule has 1 aliphatic heterocycles. The van der Waals surface area contributed by atoms with E-state index in [-0.39, 0.29) is 29.8 Å². The molecule has 2 unspecified atom stereocenters. The Morgan fingerprint density at radius 1 is 1.06 bits per heavy atom. The van der Waals surface area contributed by atoms with Gasteiger partial charge >= 0.3 is 0 Å². The van der Waals surface area contributed by atoms with Gasteiger partial charge in [-0.2, -0.15) is 0 Å². The van der Waals surface area contributed by atoms with Gasteiger partial charge in [0.2, 0.25) is 5.91 Å². The molecule has 4 atom stereocenters. The summed E-state index contributed by atoms with van der Waals surface area (Å²) in [5, 5.41) is 18.8. The maximum Gasteiger partial charge on any atom is 0.251 e. The van der Waals surface area contributed by atoms with Gasteiger partial charge in [-0.05, 0) is 62.6 Å². The Morgan fingerprint density at radius 2 is 1.74 bits per heavy atom. The summed E-state index contributed by atoms with van der Waals surface area (Å²) in [5.74, 6) is -0.409. The van der Waals surface area contributed by atoms with Crippen molar-refractivity contribution in [3.05, 3.63) is 70.7 Å². The number of benzene rings is 2. The van der Waals surface area contributed by atoms with Crippen LogP contribution in [0.2, 0.25) is 5.02 Å². The molecular formula is C28H36ClN3O3. The zero-order valence-corrected chi connectivity index (χ0v) is 21.5. The van der Waals surface area contributed by atoms with E-state index in [2.05, 4.69) is 10.6 Å². The average molecular weight is 498 g/mol. The van der Waals surface area contributed by atoms with Crippen molar-refractivity contribution < 1.29 is 14.7 Å². The molecule has 2 aromatic rings. The van der Waals surface area contributed by atoms with Gasteiger partial charge in [0, 0.05) is 41.2 Å². The minimum absolute atomic E-state index is 0.0505. The van der Waals surface area contributed by atoms with E-state index in [0.717, 1.165) is 18.4 Å². The number of amides is 2. The van der Waals surface area contributed by atoms with Gasteiger partial charge in [0.15, 0.2) is 0 Å². The molecule has 188 valence electrons. The minimum atomic E-state index is -1.06. The lowest BCUT2D eigenvalue weighted by molar-refractivity contribution is -0.158. The van der Waals surface area contributed by atoms with Gasteiger partial charge in [0.25, 0.3) is 5.91 Å². The van der Waals surface area contributed by atoms with Crippen molar-refractivity contribution in [2.45, 2.75) is 57.2 Å². The van der Waals surface area contributed by atoms with Crippen molar-refractivity contribution in [2.75, 3.05) is 20.1 Å².